The largest absolute Gasteiger partial charge is 0.359 e. The third kappa shape index (κ3) is 5.17. The maximum atomic E-state index is 13.0. The van der Waals surface area contributed by atoms with Gasteiger partial charge in [0.25, 0.3) is 0 Å². The van der Waals surface area contributed by atoms with E-state index in [0.717, 1.165) is 25.0 Å². The van der Waals surface area contributed by atoms with Gasteiger partial charge < -0.3 is 9.47 Å². The summed E-state index contributed by atoms with van der Waals surface area (Å²) in [5, 5.41) is 0. The third-order valence-corrected chi connectivity index (χ3v) is 6.33. The quantitative estimate of drug-likeness (QED) is 0.418. The van der Waals surface area contributed by atoms with E-state index in [1.165, 1.54) is 17.5 Å². The lowest BCUT2D eigenvalue weighted by atomic mass is 9.67. The maximum Gasteiger partial charge on any atom is 0.146 e. The fraction of sp³-hybridized carbons (Fsp3) is 0.739. The molecule has 1 aromatic heterocycles. The second-order valence-electron chi connectivity index (χ2n) is 8.75. The van der Waals surface area contributed by atoms with Gasteiger partial charge in [0.2, 0.25) is 0 Å². The first-order valence-corrected chi connectivity index (χ1v) is 10.4. The topological polar surface area (TPSA) is 48.4 Å². The van der Waals surface area contributed by atoms with Gasteiger partial charge in [-0.1, -0.05) is 34.1 Å². The van der Waals surface area contributed by atoms with Crippen LogP contribution in [0.25, 0.3) is 0 Å². The minimum atomic E-state index is -0.560. The number of ether oxygens (including phenoxy) is 2. The molecule has 0 fully saturated rings. The van der Waals surface area contributed by atoms with Crippen LogP contribution in [0.3, 0.4) is 0 Å². The highest BCUT2D eigenvalue weighted by Crippen LogP contribution is 2.40. The summed E-state index contributed by atoms with van der Waals surface area (Å²) in [7, 11) is 1.61. The van der Waals surface area contributed by atoms with E-state index in [2.05, 4.69) is 33.8 Å². The van der Waals surface area contributed by atoms with Gasteiger partial charge >= 0.3 is 0 Å². The standard InChI is InChI=1S/C23H37NO3/c1-7-19-11-20-8-9-24-22(21(20)12-19)13-23(18(5)25,14-27-15-26-6)17(4)10-16(2)3/h8-9,16-17,19H,7,10-15H2,1-6H3/t17-,19?,23+/m0/s1. The zero-order valence-corrected chi connectivity index (χ0v) is 18.0. The summed E-state index contributed by atoms with van der Waals surface area (Å²) in [4.78, 5) is 17.7. The molecule has 0 aromatic carbocycles. The van der Waals surface area contributed by atoms with Crippen LogP contribution in [0.5, 0.6) is 0 Å². The highest BCUT2D eigenvalue weighted by molar-refractivity contribution is 5.83. The molecule has 1 heterocycles. The molecule has 2 rings (SSSR count). The van der Waals surface area contributed by atoms with Crippen molar-refractivity contribution in [1.29, 1.82) is 0 Å². The molecule has 1 unspecified atom stereocenters. The Labute approximate surface area is 165 Å². The average Bonchev–Trinajstić information content (AvgIpc) is 3.04. The lowest BCUT2D eigenvalue weighted by molar-refractivity contribution is -0.140. The first kappa shape index (κ1) is 22.0. The van der Waals surface area contributed by atoms with Gasteiger partial charge in [-0.15, -0.1) is 0 Å². The minimum absolute atomic E-state index is 0.191. The van der Waals surface area contributed by atoms with Crippen molar-refractivity contribution in [2.75, 3.05) is 20.5 Å². The number of ketones is 1. The van der Waals surface area contributed by atoms with E-state index in [9.17, 15) is 4.79 Å². The Morgan fingerprint density at radius 2 is 2.07 bits per heavy atom. The number of rotatable bonds is 11. The summed E-state index contributed by atoms with van der Waals surface area (Å²) in [5.41, 5.74) is 3.32. The molecule has 1 aromatic rings. The fourth-order valence-corrected chi connectivity index (χ4v) is 4.61. The van der Waals surface area contributed by atoms with Crippen molar-refractivity contribution < 1.29 is 14.3 Å². The molecule has 0 spiro atoms. The fourth-order valence-electron chi connectivity index (χ4n) is 4.61. The van der Waals surface area contributed by atoms with E-state index < -0.39 is 5.41 Å². The molecular weight excluding hydrogens is 338 g/mol. The van der Waals surface area contributed by atoms with Crippen molar-refractivity contribution in [2.24, 2.45) is 23.2 Å². The first-order chi connectivity index (χ1) is 12.8. The van der Waals surface area contributed by atoms with E-state index in [0.29, 0.717) is 24.9 Å². The number of carbonyl (C=O) groups is 1. The van der Waals surface area contributed by atoms with Gasteiger partial charge in [0.15, 0.2) is 0 Å². The number of methoxy groups -OCH3 is 1. The van der Waals surface area contributed by atoms with Gasteiger partial charge in [0.05, 0.1) is 12.0 Å². The number of pyridine rings is 1. The summed E-state index contributed by atoms with van der Waals surface area (Å²) in [6.45, 7) is 11.2. The highest BCUT2D eigenvalue weighted by atomic mass is 16.7. The lowest BCUT2D eigenvalue weighted by Crippen LogP contribution is -2.43. The van der Waals surface area contributed by atoms with Crippen molar-refractivity contribution in [1.82, 2.24) is 4.98 Å². The van der Waals surface area contributed by atoms with Crippen LogP contribution in [0.1, 0.15) is 64.3 Å². The molecule has 4 heteroatoms. The smallest absolute Gasteiger partial charge is 0.146 e. The van der Waals surface area contributed by atoms with E-state index in [-0.39, 0.29) is 18.5 Å². The number of hydrogen-bond acceptors (Lipinski definition) is 4. The molecule has 0 aliphatic heterocycles. The summed E-state index contributed by atoms with van der Waals surface area (Å²) >= 11 is 0. The van der Waals surface area contributed by atoms with Crippen LogP contribution in [-0.2, 0) is 33.5 Å². The summed E-state index contributed by atoms with van der Waals surface area (Å²) in [6, 6.07) is 2.16. The Balaban J connectivity index is 2.37. The predicted molar refractivity (Wildman–Crippen MR) is 109 cm³/mol. The number of nitrogens with zero attached hydrogens (tertiary/aromatic N) is 1. The molecule has 4 nitrogen and oxygen atoms in total. The van der Waals surface area contributed by atoms with Crippen molar-refractivity contribution in [2.45, 2.75) is 66.7 Å². The van der Waals surface area contributed by atoms with Gasteiger partial charge in [-0.25, -0.2) is 0 Å². The van der Waals surface area contributed by atoms with Crippen LogP contribution >= 0.6 is 0 Å². The van der Waals surface area contributed by atoms with Gasteiger partial charge in [-0.05, 0) is 61.1 Å². The molecule has 0 N–H and O–H groups in total. The second-order valence-corrected chi connectivity index (χ2v) is 8.75. The zero-order chi connectivity index (χ0) is 20.0. The number of fused-ring (bicyclic) bond motifs is 1. The number of aromatic nitrogens is 1. The first-order valence-electron chi connectivity index (χ1n) is 10.4. The van der Waals surface area contributed by atoms with Crippen LogP contribution in [0.2, 0.25) is 0 Å². The second kappa shape index (κ2) is 9.79. The Hall–Kier alpha value is -1.26. The van der Waals surface area contributed by atoms with Crippen LogP contribution in [0.15, 0.2) is 12.3 Å². The Bertz CT molecular complexity index is 628. The van der Waals surface area contributed by atoms with E-state index >= 15 is 0 Å². The highest BCUT2D eigenvalue weighted by Gasteiger charge is 2.43. The number of carbonyl (C=O) groups excluding carboxylic acids is 1. The molecule has 152 valence electrons. The van der Waals surface area contributed by atoms with Gasteiger partial charge in [-0.3, -0.25) is 9.78 Å². The van der Waals surface area contributed by atoms with Gasteiger partial charge in [-0.2, -0.15) is 0 Å². The molecule has 0 bridgehead atoms. The molecule has 0 saturated heterocycles. The molecule has 27 heavy (non-hydrogen) atoms. The summed E-state index contributed by atoms with van der Waals surface area (Å²) in [5.74, 6) is 1.64. The van der Waals surface area contributed by atoms with Crippen molar-refractivity contribution in [3.05, 3.63) is 29.1 Å². The van der Waals surface area contributed by atoms with Gasteiger partial charge in [0.1, 0.15) is 12.6 Å². The molecule has 3 atom stereocenters. The van der Waals surface area contributed by atoms with Gasteiger partial charge in [0, 0.05) is 25.4 Å². The molecule has 1 aliphatic carbocycles. The maximum absolute atomic E-state index is 13.0. The van der Waals surface area contributed by atoms with E-state index in [1.807, 2.05) is 6.20 Å². The summed E-state index contributed by atoms with van der Waals surface area (Å²) < 4.78 is 10.9. The molecular formula is C23H37NO3. The molecule has 0 radical (unpaired) electrons. The zero-order valence-electron chi connectivity index (χ0n) is 18.0. The Kier molecular flexibility index (Phi) is 7.99. The average molecular weight is 376 g/mol. The summed E-state index contributed by atoms with van der Waals surface area (Å²) in [6.07, 6.45) is 6.96. The van der Waals surface area contributed by atoms with Crippen LogP contribution in [-0.4, -0.2) is 31.3 Å². The molecule has 0 amide bonds. The van der Waals surface area contributed by atoms with Crippen LogP contribution in [0.4, 0.5) is 0 Å². The predicted octanol–water partition coefficient (Wildman–Crippen LogP) is 4.63. The molecule has 0 saturated carbocycles. The minimum Gasteiger partial charge on any atom is -0.359 e. The molecule has 1 aliphatic rings. The van der Waals surface area contributed by atoms with Crippen molar-refractivity contribution >= 4 is 5.78 Å². The number of Topliss-reactive ketones (excluding diaryl/α,β-unsaturated/α-hetero) is 1. The third-order valence-electron chi connectivity index (χ3n) is 6.33. The van der Waals surface area contributed by atoms with Crippen molar-refractivity contribution in [3.63, 3.8) is 0 Å². The van der Waals surface area contributed by atoms with Crippen molar-refractivity contribution in [3.8, 4) is 0 Å². The normalized spacial score (nSPS) is 19.7. The number of hydrogen-bond donors (Lipinski definition) is 0. The van der Waals surface area contributed by atoms with Crippen LogP contribution < -0.4 is 0 Å². The SMILES string of the molecule is CCC1Cc2ccnc(C[C@](COCOC)(C(C)=O)[C@@H](C)CC(C)C)c2C1. The van der Waals surface area contributed by atoms with E-state index in [1.54, 1.807) is 14.0 Å². The monoisotopic (exact) mass is 375 g/mol. The Morgan fingerprint density at radius 3 is 2.67 bits per heavy atom. The Morgan fingerprint density at radius 1 is 1.33 bits per heavy atom. The van der Waals surface area contributed by atoms with E-state index in [4.69, 9.17) is 14.5 Å². The lowest BCUT2D eigenvalue weighted by Gasteiger charge is -2.38. The van der Waals surface area contributed by atoms with Crippen LogP contribution in [0, 0.1) is 23.2 Å².